The van der Waals surface area contributed by atoms with E-state index in [1.165, 1.54) is 11.1 Å². The average molecular weight is 401 g/mol. The van der Waals surface area contributed by atoms with E-state index in [0.29, 0.717) is 26.2 Å². The molecule has 0 saturated carbocycles. The minimum Gasteiger partial charge on any atom is -0.338 e. The molecule has 1 aromatic carbocycles. The number of rotatable bonds is 6. The predicted molar refractivity (Wildman–Crippen MR) is 115 cm³/mol. The third-order valence-corrected chi connectivity index (χ3v) is 6.08. The molecule has 6 heteroatoms. The van der Waals surface area contributed by atoms with E-state index in [1.807, 2.05) is 21.6 Å². The Labute approximate surface area is 175 Å². The van der Waals surface area contributed by atoms with Gasteiger partial charge in [-0.15, -0.1) is 0 Å². The number of piperidine rings is 1. The van der Waals surface area contributed by atoms with Crippen LogP contribution in [0.4, 0.5) is 4.79 Å². The Morgan fingerprint density at radius 2 is 1.41 bits per heavy atom. The molecule has 2 aliphatic heterocycles. The summed E-state index contributed by atoms with van der Waals surface area (Å²) in [6.07, 6.45) is 3.78. The van der Waals surface area contributed by atoms with Crippen molar-refractivity contribution in [3.63, 3.8) is 0 Å². The molecule has 29 heavy (non-hydrogen) atoms. The normalized spacial score (nSPS) is 17.8. The lowest BCUT2D eigenvalue weighted by Crippen LogP contribution is -2.48. The fourth-order valence-corrected chi connectivity index (χ4v) is 4.37. The standard InChI is InChI=1S/C23H36N4O2/c1-4-25(18-20-9-7-19(8-10-20)17-24(2)3)22(28)21-11-15-27(16-12-21)23(29)26-13-5-6-14-26/h7-10,21H,4-6,11-18H2,1-3H3. The number of hydrogen-bond acceptors (Lipinski definition) is 3. The molecule has 0 unspecified atom stereocenters. The molecule has 0 spiro atoms. The fraction of sp³-hybridized carbons (Fsp3) is 0.652. The van der Waals surface area contributed by atoms with Gasteiger partial charge in [-0.05, 0) is 57.8 Å². The third kappa shape index (κ3) is 5.72. The van der Waals surface area contributed by atoms with Crippen LogP contribution >= 0.6 is 0 Å². The van der Waals surface area contributed by atoms with Crippen LogP contribution in [0.3, 0.4) is 0 Å². The number of likely N-dealkylation sites (tertiary alicyclic amines) is 2. The van der Waals surface area contributed by atoms with Gasteiger partial charge < -0.3 is 19.6 Å². The monoisotopic (exact) mass is 400 g/mol. The van der Waals surface area contributed by atoms with Gasteiger partial charge in [0.25, 0.3) is 0 Å². The molecule has 0 N–H and O–H groups in total. The highest BCUT2D eigenvalue weighted by atomic mass is 16.2. The molecular weight excluding hydrogens is 364 g/mol. The van der Waals surface area contributed by atoms with Crippen LogP contribution in [-0.4, -0.2) is 78.4 Å². The first-order valence-electron chi connectivity index (χ1n) is 11.0. The van der Waals surface area contributed by atoms with E-state index >= 15 is 0 Å². The van der Waals surface area contributed by atoms with Crippen molar-refractivity contribution in [3.8, 4) is 0 Å². The summed E-state index contributed by atoms with van der Waals surface area (Å²) < 4.78 is 0. The van der Waals surface area contributed by atoms with Gasteiger partial charge in [0.1, 0.15) is 0 Å². The second kappa shape index (κ2) is 10.1. The number of carbonyl (C=O) groups excluding carboxylic acids is 2. The summed E-state index contributed by atoms with van der Waals surface area (Å²) >= 11 is 0. The van der Waals surface area contributed by atoms with E-state index in [-0.39, 0.29) is 17.9 Å². The molecule has 0 bridgehead atoms. The van der Waals surface area contributed by atoms with Crippen molar-refractivity contribution in [2.24, 2.45) is 5.92 Å². The zero-order chi connectivity index (χ0) is 20.8. The van der Waals surface area contributed by atoms with Crippen molar-refractivity contribution < 1.29 is 9.59 Å². The van der Waals surface area contributed by atoms with E-state index < -0.39 is 0 Å². The Morgan fingerprint density at radius 3 is 1.93 bits per heavy atom. The molecule has 2 aliphatic rings. The van der Waals surface area contributed by atoms with Gasteiger partial charge in [0.15, 0.2) is 0 Å². The van der Waals surface area contributed by atoms with Crippen molar-refractivity contribution in [2.45, 2.75) is 45.7 Å². The van der Waals surface area contributed by atoms with Gasteiger partial charge in [-0.25, -0.2) is 4.79 Å². The first kappa shape index (κ1) is 21.6. The molecule has 6 nitrogen and oxygen atoms in total. The summed E-state index contributed by atoms with van der Waals surface area (Å²) in [5, 5.41) is 0. The molecule has 1 aromatic rings. The smallest absolute Gasteiger partial charge is 0.319 e. The van der Waals surface area contributed by atoms with Crippen molar-refractivity contribution in [3.05, 3.63) is 35.4 Å². The van der Waals surface area contributed by atoms with Crippen LogP contribution in [0.15, 0.2) is 24.3 Å². The molecule has 3 amide bonds. The van der Waals surface area contributed by atoms with Crippen LogP contribution in [0.2, 0.25) is 0 Å². The van der Waals surface area contributed by atoms with Crippen LogP contribution in [0, 0.1) is 5.92 Å². The quantitative estimate of drug-likeness (QED) is 0.737. The second-order valence-electron chi connectivity index (χ2n) is 8.64. The molecule has 3 rings (SSSR count). The minimum absolute atomic E-state index is 0.0330. The lowest BCUT2D eigenvalue weighted by molar-refractivity contribution is -0.137. The van der Waals surface area contributed by atoms with E-state index in [9.17, 15) is 9.59 Å². The molecule has 0 aliphatic carbocycles. The lowest BCUT2D eigenvalue weighted by atomic mass is 9.95. The molecule has 0 aromatic heterocycles. The molecule has 2 fully saturated rings. The second-order valence-corrected chi connectivity index (χ2v) is 8.64. The number of carbonyl (C=O) groups is 2. The SMILES string of the molecule is CCN(Cc1ccc(CN(C)C)cc1)C(=O)C1CCN(C(=O)N2CCCC2)CC1. The van der Waals surface area contributed by atoms with Crippen LogP contribution in [0.25, 0.3) is 0 Å². The fourth-order valence-electron chi connectivity index (χ4n) is 4.37. The molecule has 0 atom stereocenters. The number of nitrogens with zero attached hydrogens (tertiary/aromatic N) is 4. The Balaban J connectivity index is 1.51. The topological polar surface area (TPSA) is 47.1 Å². The summed E-state index contributed by atoms with van der Waals surface area (Å²) in [5.74, 6) is 0.267. The minimum atomic E-state index is 0.0330. The summed E-state index contributed by atoms with van der Waals surface area (Å²) in [5.41, 5.74) is 2.45. The van der Waals surface area contributed by atoms with Crippen LogP contribution < -0.4 is 0 Å². The first-order chi connectivity index (χ1) is 14.0. The summed E-state index contributed by atoms with van der Waals surface area (Å²) in [6, 6.07) is 8.73. The maximum absolute atomic E-state index is 13.1. The number of benzene rings is 1. The van der Waals surface area contributed by atoms with Gasteiger partial charge in [-0.3, -0.25) is 4.79 Å². The van der Waals surface area contributed by atoms with Gasteiger partial charge in [-0.1, -0.05) is 24.3 Å². The summed E-state index contributed by atoms with van der Waals surface area (Å²) in [7, 11) is 4.13. The van der Waals surface area contributed by atoms with Crippen molar-refractivity contribution >= 4 is 11.9 Å². The first-order valence-corrected chi connectivity index (χ1v) is 11.0. The van der Waals surface area contributed by atoms with E-state index in [2.05, 4.69) is 43.3 Å². The number of amides is 3. The average Bonchev–Trinajstić information content (AvgIpc) is 3.27. The molecule has 160 valence electrons. The zero-order valence-electron chi connectivity index (χ0n) is 18.3. The van der Waals surface area contributed by atoms with Crippen molar-refractivity contribution in [1.29, 1.82) is 0 Å². The summed E-state index contributed by atoms with van der Waals surface area (Å²) in [6.45, 7) is 7.50. The van der Waals surface area contributed by atoms with Gasteiger partial charge >= 0.3 is 6.03 Å². The Bertz CT molecular complexity index is 675. The highest BCUT2D eigenvalue weighted by molar-refractivity contribution is 5.80. The summed E-state index contributed by atoms with van der Waals surface area (Å²) in [4.78, 5) is 33.7. The number of hydrogen-bond donors (Lipinski definition) is 0. The van der Waals surface area contributed by atoms with E-state index in [1.54, 1.807) is 0 Å². The maximum atomic E-state index is 13.1. The van der Waals surface area contributed by atoms with E-state index in [4.69, 9.17) is 0 Å². The molecule has 2 saturated heterocycles. The van der Waals surface area contributed by atoms with Crippen molar-refractivity contribution in [1.82, 2.24) is 19.6 Å². The van der Waals surface area contributed by atoms with Crippen LogP contribution in [0.1, 0.15) is 43.7 Å². The van der Waals surface area contributed by atoms with Gasteiger partial charge in [-0.2, -0.15) is 0 Å². The highest BCUT2D eigenvalue weighted by Crippen LogP contribution is 2.23. The lowest BCUT2D eigenvalue weighted by Gasteiger charge is -2.35. The Hall–Kier alpha value is -2.08. The largest absolute Gasteiger partial charge is 0.338 e. The van der Waals surface area contributed by atoms with Gasteiger partial charge in [0.2, 0.25) is 5.91 Å². The predicted octanol–water partition coefficient (Wildman–Crippen LogP) is 3.02. The highest BCUT2D eigenvalue weighted by Gasteiger charge is 2.32. The zero-order valence-corrected chi connectivity index (χ0v) is 18.3. The Kier molecular flexibility index (Phi) is 7.53. The molecule has 0 radical (unpaired) electrons. The number of urea groups is 1. The van der Waals surface area contributed by atoms with E-state index in [0.717, 1.165) is 45.3 Å². The Morgan fingerprint density at radius 1 is 0.897 bits per heavy atom. The molecular formula is C23H36N4O2. The van der Waals surface area contributed by atoms with Crippen LogP contribution in [-0.2, 0) is 17.9 Å². The van der Waals surface area contributed by atoms with Gasteiger partial charge in [0.05, 0.1) is 0 Å². The van der Waals surface area contributed by atoms with Crippen molar-refractivity contribution in [2.75, 3.05) is 46.8 Å². The van der Waals surface area contributed by atoms with Gasteiger partial charge in [0, 0.05) is 51.7 Å². The maximum Gasteiger partial charge on any atom is 0.319 e. The third-order valence-electron chi connectivity index (χ3n) is 6.08. The molecule has 2 heterocycles. The van der Waals surface area contributed by atoms with Crippen LogP contribution in [0.5, 0.6) is 0 Å².